The van der Waals surface area contributed by atoms with Crippen LogP contribution in [0.5, 0.6) is 0 Å². The summed E-state index contributed by atoms with van der Waals surface area (Å²) in [6.07, 6.45) is 0. The van der Waals surface area contributed by atoms with E-state index in [-0.39, 0.29) is 122 Å². The first kappa shape index (κ1) is 229. The SMILES string of the molecule is [Li+].[Li+].[Li+].[Li+].[Li+].[OH-].[OH-].[OH-].[OH-].[OH-]. The van der Waals surface area contributed by atoms with Crippen molar-refractivity contribution < 1.29 is 122 Å². The fraction of sp³-hybridized carbons (Fsp3) is 0. The molecule has 0 rings (SSSR count). The van der Waals surface area contributed by atoms with Gasteiger partial charge in [-0.2, -0.15) is 0 Å². The van der Waals surface area contributed by atoms with E-state index in [0.29, 0.717) is 0 Å². The van der Waals surface area contributed by atoms with E-state index in [1.807, 2.05) is 0 Å². The van der Waals surface area contributed by atoms with Gasteiger partial charge in [0.05, 0.1) is 0 Å². The maximum absolute atomic E-state index is 0. The van der Waals surface area contributed by atoms with Gasteiger partial charge in [0.15, 0.2) is 0 Å². The monoisotopic (exact) mass is 120 g/mol. The van der Waals surface area contributed by atoms with Gasteiger partial charge in [-0.1, -0.05) is 0 Å². The van der Waals surface area contributed by atoms with Crippen LogP contribution in [0.15, 0.2) is 0 Å². The van der Waals surface area contributed by atoms with Crippen LogP contribution in [0.25, 0.3) is 0 Å². The summed E-state index contributed by atoms with van der Waals surface area (Å²) in [4.78, 5) is 0. The predicted octanol–water partition coefficient (Wildman–Crippen LogP) is -15.9. The summed E-state index contributed by atoms with van der Waals surface area (Å²) in [6, 6.07) is 0. The Morgan fingerprint density at radius 2 is 0.200 bits per heavy atom. The third-order valence-electron chi connectivity index (χ3n) is 0. The van der Waals surface area contributed by atoms with Gasteiger partial charge in [0.1, 0.15) is 0 Å². The predicted molar refractivity (Wildman–Crippen MR) is 9.68 cm³/mol. The van der Waals surface area contributed by atoms with Crippen LogP contribution < -0.4 is 94.3 Å². The van der Waals surface area contributed by atoms with Gasteiger partial charge in [-0.05, 0) is 0 Å². The summed E-state index contributed by atoms with van der Waals surface area (Å²) in [6.45, 7) is 0. The summed E-state index contributed by atoms with van der Waals surface area (Å²) < 4.78 is 0. The third-order valence-corrected chi connectivity index (χ3v) is 0. The second-order valence-corrected chi connectivity index (χ2v) is 0. The summed E-state index contributed by atoms with van der Waals surface area (Å²) in [7, 11) is 0. The van der Waals surface area contributed by atoms with Crippen LogP contribution in [0.2, 0.25) is 0 Å². The molecule has 0 aliphatic rings. The molecule has 0 amide bonds. The minimum atomic E-state index is 0. The van der Waals surface area contributed by atoms with E-state index in [0.717, 1.165) is 0 Å². The van der Waals surface area contributed by atoms with E-state index in [2.05, 4.69) is 0 Å². The minimum absolute atomic E-state index is 0. The molecule has 0 spiro atoms. The fourth-order valence-electron chi connectivity index (χ4n) is 0. The largest absolute Gasteiger partial charge is 1.00 e. The summed E-state index contributed by atoms with van der Waals surface area (Å²) in [5.74, 6) is 0. The topological polar surface area (TPSA) is 150 Å². The van der Waals surface area contributed by atoms with Crippen molar-refractivity contribution in [3.63, 3.8) is 0 Å². The molecular formula is H5Li5O5. The van der Waals surface area contributed by atoms with Gasteiger partial charge in [-0.3, -0.25) is 0 Å². The maximum atomic E-state index is 0. The Hall–Kier alpha value is 2.79. The number of rotatable bonds is 0. The minimum Gasteiger partial charge on any atom is -0.870 e. The van der Waals surface area contributed by atoms with Crippen molar-refractivity contribution in [3.05, 3.63) is 0 Å². The fourth-order valence-corrected chi connectivity index (χ4v) is 0. The molecule has 0 aromatic carbocycles. The molecule has 5 nitrogen and oxygen atoms in total. The van der Waals surface area contributed by atoms with Crippen LogP contribution in [-0.4, -0.2) is 27.4 Å². The van der Waals surface area contributed by atoms with Gasteiger partial charge in [0, 0.05) is 0 Å². The molecule has 0 saturated carbocycles. The molecule has 0 aliphatic heterocycles. The molecule has 5 N–H and O–H groups in total. The Balaban J connectivity index is 0. The van der Waals surface area contributed by atoms with Crippen molar-refractivity contribution in [1.82, 2.24) is 0 Å². The first-order valence-electron chi connectivity index (χ1n) is 0. The number of hydrogen-bond donors (Lipinski definition) is 0. The first-order valence-corrected chi connectivity index (χ1v) is 0. The molecule has 0 radical (unpaired) electrons. The average molecular weight is 120 g/mol. The molecule has 0 aliphatic carbocycles. The zero-order chi connectivity index (χ0) is 0. The zero-order valence-electron chi connectivity index (χ0n) is 7.24. The summed E-state index contributed by atoms with van der Waals surface area (Å²) in [5.41, 5.74) is 0. The Bertz CT molecular complexity index is 10.0. The maximum Gasteiger partial charge on any atom is 1.00 e. The Morgan fingerprint density at radius 3 is 0.200 bits per heavy atom. The van der Waals surface area contributed by atoms with Crippen LogP contribution >= 0.6 is 0 Å². The standard InChI is InChI=1S/5Li.5H2O/h;;;;;5*1H2/q5*+1;;;;;/p-5. The van der Waals surface area contributed by atoms with Gasteiger partial charge in [0.2, 0.25) is 0 Å². The Kier molecular flexibility index (Phi) is 4040. The van der Waals surface area contributed by atoms with Crippen molar-refractivity contribution in [2.45, 2.75) is 0 Å². The Morgan fingerprint density at radius 1 is 0.200 bits per heavy atom. The normalized spacial score (nSPS) is 0. The van der Waals surface area contributed by atoms with Crippen molar-refractivity contribution in [3.8, 4) is 0 Å². The second kappa shape index (κ2) is 177. The van der Waals surface area contributed by atoms with Crippen LogP contribution in [0.1, 0.15) is 0 Å². The van der Waals surface area contributed by atoms with Gasteiger partial charge in [0.25, 0.3) is 0 Å². The molecule has 0 saturated heterocycles. The molecular weight excluding hydrogens is 115 g/mol. The van der Waals surface area contributed by atoms with E-state index in [1.54, 1.807) is 0 Å². The summed E-state index contributed by atoms with van der Waals surface area (Å²) >= 11 is 0. The van der Waals surface area contributed by atoms with E-state index in [9.17, 15) is 0 Å². The van der Waals surface area contributed by atoms with Crippen LogP contribution in [-0.2, 0) is 0 Å². The van der Waals surface area contributed by atoms with Crippen molar-refractivity contribution >= 4 is 0 Å². The molecule has 0 heterocycles. The molecule has 0 aromatic rings. The number of hydrogen-bond acceptors (Lipinski definition) is 5. The molecule has 10 heteroatoms. The molecule has 0 aromatic heterocycles. The van der Waals surface area contributed by atoms with E-state index in [1.165, 1.54) is 0 Å². The van der Waals surface area contributed by atoms with Gasteiger partial charge < -0.3 is 27.4 Å². The van der Waals surface area contributed by atoms with Gasteiger partial charge in [-0.25, -0.2) is 0 Å². The zero-order valence-corrected chi connectivity index (χ0v) is 7.24. The second-order valence-electron chi connectivity index (χ2n) is 0. The molecule has 40 valence electrons. The van der Waals surface area contributed by atoms with Gasteiger partial charge >= 0.3 is 94.3 Å². The van der Waals surface area contributed by atoms with Crippen LogP contribution in [0.3, 0.4) is 0 Å². The molecule has 0 atom stereocenters. The van der Waals surface area contributed by atoms with E-state index >= 15 is 0 Å². The molecule has 0 unspecified atom stereocenters. The molecule has 0 fully saturated rings. The Labute approximate surface area is 120 Å². The first-order chi connectivity index (χ1) is 0. The smallest absolute Gasteiger partial charge is 0.870 e. The quantitative estimate of drug-likeness (QED) is 0.290. The molecule has 0 bridgehead atoms. The van der Waals surface area contributed by atoms with Crippen LogP contribution in [0.4, 0.5) is 0 Å². The van der Waals surface area contributed by atoms with Crippen molar-refractivity contribution in [1.29, 1.82) is 0 Å². The average Bonchev–Trinajstić information content (AvgIpc) is 0. The van der Waals surface area contributed by atoms with Crippen molar-refractivity contribution in [2.75, 3.05) is 0 Å². The third kappa shape index (κ3) is 133. The van der Waals surface area contributed by atoms with Gasteiger partial charge in [-0.15, -0.1) is 0 Å². The van der Waals surface area contributed by atoms with E-state index in [4.69, 9.17) is 0 Å². The van der Waals surface area contributed by atoms with Crippen LogP contribution in [0, 0.1) is 0 Å². The van der Waals surface area contributed by atoms with E-state index < -0.39 is 0 Å². The summed E-state index contributed by atoms with van der Waals surface area (Å²) in [5, 5.41) is 0. The van der Waals surface area contributed by atoms with Crippen molar-refractivity contribution in [2.24, 2.45) is 0 Å². The molecule has 10 heavy (non-hydrogen) atoms.